The van der Waals surface area contributed by atoms with Crippen LogP contribution in [-0.2, 0) is 6.54 Å². The summed E-state index contributed by atoms with van der Waals surface area (Å²) < 4.78 is 2.00. The fourth-order valence-electron chi connectivity index (χ4n) is 1.93. The molecule has 5 nitrogen and oxygen atoms in total. The van der Waals surface area contributed by atoms with Crippen molar-refractivity contribution in [3.8, 4) is 0 Å². The lowest BCUT2D eigenvalue weighted by Gasteiger charge is -2.13. The molecule has 0 amide bonds. The van der Waals surface area contributed by atoms with E-state index in [9.17, 15) is 9.90 Å². The van der Waals surface area contributed by atoms with Gasteiger partial charge in [-0.3, -0.25) is 4.79 Å². The Hall–Kier alpha value is -0.880. The fraction of sp³-hybridized carbons (Fsp3) is 0.692. The minimum Gasteiger partial charge on any atom is -0.391 e. The highest BCUT2D eigenvalue weighted by Crippen LogP contribution is 2.30. The van der Waals surface area contributed by atoms with Gasteiger partial charge >= 0.3 is 0 Å². The van der Waals surface area contributed by atoms with Crippen LogP contribution in [0.15, 0.2) is 15.5 Å². The van der Waals surface area contributed by atoms with Crippen molar-refractivity contribution in [3.05, 3.63) is 21.0 Å². The van der Waals surface area contributed by atoms with E-state index >= 15 is 0 Å². The molecule has 1 aromatic rings. The van der Waals surface area contributed by atoms with Gasteiger partial charge in [-0.25, -0.2) is 4.68 Å². The van der Waals surface area contributed by atoms with Crippen LogP contribution in [-0.4, -0.2) is 27.5 Å². The van der Waals surface area contributed by atoms with E-state index in [4.69, 9.17) is 0 Å². The molecule has 6 heteroatoms. The first-order valence-corrected chi connectivity index (χ1v) is 7.58. The quantitative estimate of drug-likeness (QED) is 0.802. The van der Waals surface area contributed by atoms with Crippen molar-refractivity contribution < 1.29 is 5.11 Å². The van der Waals surface area contributed by atoms with E-state index in [2.05, 4.69) is 26.3 Å². The van der Waals surface area contributed by atoms with Gasteiger partial charge in [-0.05, 0) is 41.1 Å². The second-order valence-electron chi connectivity index (χ2n) is 5.13. The van der Waals surface area contributed by atoms with Crippen molar-refractivity contribution in [1.29, 1.82) is 0 Å². The third-order valence-electron chi connectivity index (χ3n) is 3.26. The van der Waals surface area contributed by atoms with Gasteiger partial charge in [0.25, 0.3) is 5.56 Å². The number of nitrogens with zero attached hydrogens (tertiary/aromatic N) is 2. The molecule has 0 radical (unpaired) electrons. The van der Waals surface area contributed by atoms with Crippen LogP contribution >= 0.6 is 15.9 Å². The first-order chi connectivity index (χ1) is 9.11. The minimum absolute atomic E-state index is 0.109. The van der Waals surface area contributed by atoms with Crippen LogP contribution in [0.5, 0.6) is 0 Å². The molecule has 1 atom stereocenters. The number of anilines is 1. The first kappa shape index (κ1) is 14.5. The maximum Gasteiger partial charge on any atom is 0.283 e. The van der Waals surface area contributed by atoms with Gasteiger partial charge in [0.1, 0.15) is 4.47 Å². The predicted octanol–water partition coefficient (Wildman–Crippen LogP) is 1.99. The Morgan fingerprint density at radius 2 is 2.37 bits per heavy atom. The molecule has 0 saturated heterocycles. The lowest BCUT2D eigenvalue weighted by molar-refractivity contribution is 0.176. The van der Waals surface area contributed by atoms with Crippen LogP contribution < -0.4 is 10.9 Å². The van der Waals surface area contributed by atoms with Gasteiger partial charge in [-0.1, -0.05) is 13.3 Å². The third kappa shape index (κ3) is 4.04. The summed E-state index contributed by atoms with van der Waals surface area (Å²) in [4.78, 5) is 12.1. The smallest absolute Gasteiger partial charge is 0.283 e. The predicted molar refractivity (Wildman–Crippen MR) is 78.3 cm³/mol. The monoisotopic (exact) mass is 329 g/mol. The molecule has 2 rings (SSSR count). The summed E-state index contributed by atoms with van der Waals surface area (Å²) in [5, 5.41) is 16.9. The van der Waals surface area contributed by atoms with E-state index in [1.54, 1.807) is 6.20 Å². The van der Waals surface area contributed by atoms with Gasteiger partial charge < -0.3 is 10.4 Å². The van der Waals surface area contributed by atoms with Crippen molar-refractivity contribution in [1.82, 2.24) is 9.78 Å². The molecule has 0 aliphatic heterocycles. The summed E-state index contributed by atoms with van der Waals surface area (Å²) in [5.41, 5.74) is 0.536. The van der Waals surface area contributed by atoms with Crippen molar-refractivity contribution in [2.45, 2.75) is 45.3 Å². The van der Waals surface area contributed by atoms with Gasteiger partial charge in [0.15, 0.2) is 0 Å². The van der Waals surface area contributed by atoms with E-state index in [1.165, 1.54) is 17.5 Å². The zero-order valence-electron chi connectivity index (χ0n) is 11.1. The Labute approximate surface area is 121 Å². The number of nitrogens with one attached hydrogen (secondary N) is 1. The number of aromatic nitrogens is 2. The van der Waals surface area contributed by atoms with Crippen molar-refractivity contribution in [2.24, 2.45) is 5.92 Å². The Bertz CT molecular complexity index is 485. The standard InChI is InChI=1S/C13H20BrN3O2/c1-2-3-10(18)6-15-11-7-16-17(8-9-4-5-9)13(19)12(11)14/h7,9-10,15,18H,2-6,8H2,1H3. The number of halogens is 1. The molecule has 19 heavy (non-hydrogen) atoms. The lowest BCUT2D eigenvalue weighted by atomic mass is 10.2. The molecule has 1 unspecified atom stereocenters. The largest absolute Gasteiger partial charge is 0.391 e. The maximum atomic E-state index is 12.1. The molecule has 1 aromatic heterocycles. The molecular weight excluding hydrogens is 310 g/mol. The maximum absolute atomic E-state index is 12.1. The van der Waals surface area contributed by atoms with E-state index < -0.39 is 6.10 Å². The van der Waals surface area contributed by atoms with E-state index in [1.807, 2.05) is 6.92 Å². The van der Waals surface area contributed by atoms with E-state index in [0.717, 1.165) is 12.8 Å². The third-order valence-corrected chi connectivity index (χ3v) is 4.03. The summed E-state index contributed by atoms with van der Waals surface area (Å²) in [6.45, 7) is 3.16. The van der Waals surface area contributed by atoms with Crippen molar-refractivity contribution in [3.63, 3.8) is 0 Å². The topological polar surface area (TPSA) is 67.2 Å². The zero-order chi connectivity index (χ0) is 13.8. The van der Waals surface area contributed by atoms with Crippen molar-refractivity contribution >= 4 is 21.6 Å². The van der Waals surface area contributed by atoms with Gasteiger partial charge in [0.05, 0.1) is 18.0 Å². The average Bonchev–Trinajstić information content (AvgIpc) is 3.18. The summed E-state index contributed by atoms with van der Waals surface area (Å²) in [7, 11) is 0. The highest BCUT2D eigenvalue weighted by Gasteiger charge is 2.23. The molecule has 1 heterocycles. The summed E-state index contributed by atoms with van der Waals surface area (Å²) >= 11 is 3.31. The highest BCUT2D eigenvalue weighted by molar-refractivity contribution is 9.10. The second-order valence-corrected chi connectivity index (χ2v) is 5.92. The molecule has 1 aliphatic rings. The number of hydrogen-bond acceptors (Lipinski definition) is 4. The second kappa shape index (κ2) is 6.52. The molecule has 0 spiro atoms. The van der Waals surface area contributed by atoms with Crippen LogP contribution in [0.3, 0.4) is 0 Å². The number of rotatable bonds is 7. The SMILES string of the molecule is CCCC(O)CNc1cnn(CC2CC2)c(=O)c1Br. The summed E-state index contributed by atoms with van der Waals surface area (Å²) in [6, 6.07) is 0. The van der Waals surface area contributed by atoms with E-state index in [-0.39, 0.29) is 5.56 Å². The molecule has 0 aromatic carbocycles. The van der Waals surface area contributed by atoms with E-state index in [0.29, 0.717) is 29.2 Å². The van der Waals surface area contributed by atoms with Crippen LogP contribution in [0.2, 0.25) is 0 Å². The summed E-state index contributed by atoms with van der Waals surface area (Å²) in [5.74, 6) is 0.613. The van der Waals surface area contributed by atoms with Crippen LogP contribution in [0.1, 0.15) is 32.6 Å². The number of aliphatic hydroxyl groups excluding tert-OH is 1. The van der Waals surface area contributed by atoms with Crippen LogP contribution in [0.4, 0.5) is 5.69 Å². The van der Waals surface area contributed by atoms with Crippen molar-refractivity contribution in [2.75, 3.05) is 11.9 Å². The Balaban J connectivity index is 2.01. The normalized spacial score (nSPS) is 16.4. The van der Waals surface area contributed by atoms with Crippen LogP contribution in [0.25, 0.3) is 0 Å². The lowest BCUT2D eigenvalue weighted by Crippen LogP contribution is -2.26. The molecule has 1 aliphatic carbocycles. The van der Waals surface area contributed by atoms with Gasteiger partial charge in [0.2, 0.25) is 0 Å². The molecule has 1 fully saturated rings. The first-order valence-electron chi connectivity index (χ1n) is 6.79. The molecule has 106 valence electrons. The van der Waals surface area contributed by atoms with Gasteiger partial charge in [-0.15, -0.1) is 0 Å². The highest BCUT2D eigenvalue weighted by atomic mass is 79.9. The zero-order valence-corrected chi connectivity index (χ0v) is 12.7. The van der Waals surface area contributed by atoms with Crippen LogP contribution in [0, 0.1) is 5.92 Å². The molecule has 1 saturated carbocycles. The Morgan fingerprint density at radius 1 is 1.63 bits per heavy atom. The number of aliphatic hydroxyl groups is 1. The Morgan fingerprint density at radius 3 is 3.00 bits per heavy atom. The minimum atomic E-state index is -0.397. The molecule has 2 N–H and O–H groups in total. The molecular formula is C13H20BrN3O2. The average molecular weight is 330 g/mol. The Kier molecular flexibility index (Phi) is 4.99. The fourth-order valence-corrected chi connectivity index (χ4v) is 2.37. The number of hydrogen-bond donors (Lipinski definition) is 2. The molecule has 0 bridgehead atoms. The van der Waals surface area contributed by atoms with Gasteiger partial charge in [-0.2, -0.15) is 5.10 Å². The van der Waals surface area contributed by atoms with Gasteiger partial charge in [0, 0.05) is 13.1 Å². The summed E-state index contributed by atoms with van der Waals surface area (Å²) in [6.07, 6.45) is 5.31.